The molecule has 2 atom stereocenters. The maximum absolute atomic E-state index is 12.0. The van der Waals surface area contributed by atoms with Crippen molar-refractivity contribution in [2.45, 2.75) is 33.7 Å². The number of aliphatic hydroxyl groups is 1. The van der Waals surface area contributed by atoms with E-state index in [0.29, 0.717) is 5.56 Å². The van der Waals surface area contributed by atoms with Crippen LogP contribution in [-0.2, 0) is 0 Å². The Kier molecular flexibility index (Phi) is 4.73. The molecule has 4 nitrogen and oxygen atoms in total. The van der Waals surface area contributed by atoms with Crippen molar-refractivity contribution in [3.8, 4) is 5.75 Å². The zero-order chi connectivity index (χ0) is 13.9. The predicted molar refractivity (Wildman–Crippen MR) is 70.8 cm³/mol. The number of nitrogens with one attached hydrogen (secondary N) is 1. The Morgan fingerprint density at radius 1 is 1.33 bits per heavy atom. The molecule has 18 heavy (non-hydrogen) atoms. The van der Waals surface area contributed by atoms with E-state index in [1.54, 1.807) is 13.0 Å². The average Bonchev–Trinajstić information content (AvgIpc) is 2.34. The molecule has 1 aromatic rings. The summed E-state index contributed by atoms with van der Waals surface area (Å²) in [5, 5.41) is 21.7. The third-order valence-electron chi connectivity index (χ3n) is 3.45. The van der Waals surface area contributed by atoms with Crippen LogP contribution in [0.1, 0.15) is 35.3 Å². The Morgan fingerprint density at radius 3 is 2.50 bits per heavy atom. The van der Waals surface area contributed by atoms with Crippen molar-refractivity contribution in [2.24, 2.45) is 5.92 Å². The predicted octanol–water partition coefficient (Wildman–Crippen LogP) is 1.76. The van der Waals surface area contributed by atoms with Crippen LogP contribution in [0, 0.1) is 19.8 Å². The van der Waals surface area contributed by atoms with Crippen LogP contribution < -0.4 is 5.32 Å². The highest BCUT2D eigenvalue weighted by Crippen LogP contribution is 2.24. The molecular weight excluding hydrogens is 230 g/mol. The minimum Gasteiger partial charge on any atom is -0.507 e. The smallest absolute Gasteiger partial charge is 0.255 e. The molecule has 0 aromatic heterocycles. The van der Waals surface area contributed by atoms with Gasteiger partial charge < -0.3 is 15.5 Å². The van der Waals surface area contributed by atoms with Gasteiger partial charge in [0, 0.05) is 12.6 Å². The maximum Gasteiger partial charge on any atom is 0.255 e. The molecule has 0 fully saturated rings. The molecule has 1 rings (SSSR count). The van der Waals surface area contributed by atoms with Crippen LogP contribution in [0.2, 0.25) is 0 Å². The first-order chi connectivity index (χ1) is 8.38. The number of aryl methyl sites for hydroxylation is 1. The zero-order valence-corrected chi connectivity index (χ0v) is 11.3. The molecule has 4 heteroatoms. The number of carbonyl (C=O) groups is 1. The van der Waals surface area contributed by atoms with Crippen LogP contribution in [0.4, 0.5) is 0 Å². The molecule has 1 aromatic carbocycles. The fourth-order valence-corrected chi connectivity index (χ4v) is 1.57. The Labute approximate surface area is 108 Å². The zero-order valence-electron chi connectivity index (χ0n) is 11.3. The Bertz CT molecular complexity index is 443. The van der Waals surface area contributed by atoms with Gasteiger partial charge in [-0.05, 0) is 43.9 Å². The van der Waals surface area contributed by atoms with Crippen LogP contribution in [0.15, 0.2) is 12.1 Å². The summed E-state index contributed by atoms with van der Waals surface area (Å²) in [5.41, 5.74) is 1.93. The number of amides is 1. The molecule has 100 valence electrons. The van der Waals surface area contributed by atoms with Crippen LogP contribution in [0.25, 0.3) is 0 Å². The van der Waals surface area contributed by atoms with Gasteiger partial charge >= 0.3 is 0 Å². The van der Waals surface area contributed by atoms with Crippen molar-refractivity contribution in [1.82, 2.24) is 5.32 Å². The van der Waals surface area contributed by atoms with Crippen molar-refractivity contribution in [3.63, 3.8) is 0 Å². The summed E-state index contributed by atoms with van der Waals surface area (Å²) >= 11 is 0. The van der Waals surface area contributed by atoms with Crippen molar-refractivity contribution in [1.29, 1.82) is 0 Å². The number of hydrogen-bond acceptors (Lipinski definition) is 3. The van der Waals surface area contributed by atoms with E-state index in [0.717, 1.165) is 5.56 Å². The summed E-state index contributed by atoms with van der Waals surface area (Å²) < 4.78 is 0. The summed E-state index contributed by atoms with van der Waals surface area (Å²) in [6.07, 6.45) is 0. The summed E-state index contributed by atoms with van der Waals surface area (Å²) in [4.78, 5) is 12.0. The van der Waals surface area contributed by atoms with Crippen molar-refractivity contribution >= 4 is 5.91 Å². The number of phenolic OH excluding ortho intramolecular Hbond substituents is 1. The number of benzene rings is 1. The lowest BCUT2D eigenvalue weighted by Gasteiger charge is -2.20. The van der Waals surface area contributed by atoms with E-state index in [-0.39, 0.29) is 35.8 Å². The molecule has 0 radical (unpaired) electrons. The summed E-state index contributed by atoms with van der Waals surface area (Å²) in [7, 11) is 0. The Balaban J connectivity index is 2.89. The van der Waals surface area contributed by atoms with Gasteiger partial charge in [0.1, 0.15) is 5.75 Å². The number of aliphatic hydroxyl groups excluding tert-OH is 1. The molecule has 0 bridgehead atoms. The SMILES string of the molecule is Cc1ccc(C(=O)NC(C)C(C)CO)c(O)c1C. The Morgan fingerprint density at radius 2 is 1.94 bits per heavy atom. The first-order valence-corrected chi connectivity index (χ1v) is 6.09. The van der Waals surface area contributed by atoms with E-state index in [4.69, 9.17) is 5.11 Å². The third kappa shape index (κ3) is 3.01. The van der Waals surface area contributed by atoms with E-state index in [2.05, 4.69) is 5.32 Å². The lowest BCUT2D eigenvalue weighted by atomic mass is 10.0. The number of aromatic hydroxyl groups is 1. The molecule has 0 saturated carbocycles. The summed E-state index contributed by atoms with van der Waals surface area (Å²) in [6.45, 7) is 7.36. The second-order valence-electron chi connectivity index (χ2n) is 4.83. The van der Waals surface area contributed by atoms with Gasteiger partial charge in [-0.15, -0.1) is 0 Å². The molecule has 0 spiro atoms. The van der Waals surface area contributed by atoms with Gasteiger partial charge in [-0.3, -0.25) is 4.79 Å². The second-order valence-corrected chi connectivity index (χ2v) is 4.83. The molecule has 0 aliphatic rings. The maximum atomic E-state index is 12.0. The molecule has 0 aliphatic carbocycles. The van der Waals surface area contributed by atoms with Crippen LogP contribution in [-0.4, -0.2) is 28.8 Å². The average molecular weight is 251 g/mol. The molecule has 0 heterocycles. The lowest BCUT2D eigenvalue weighted by molar-refractivity contribution is 0.0913. The molecule has 1 amide bonds. The number of hydrogen-bond donors (Lipinski definition) is 3. The second kappa shape index (κ2) is 5.87. The highest BCUT2D eigenvalue weighted by Gasteiger charge is 2.18. The first-order valence-electron chi connectivity index (χ1n) is 6.09. The van der Waals surface area contributed by atoms with Gasteiger partial charge in [0.15, 0.2) is 0 Å². The van der Waals surface area contributed by atoms with E-state index < -0.39 is 0 Å². The van der Waals surface area contributed by atoms with Crippen molar-refractivity contribution < 1.29 is 15.0 Å². The van der Waals surface area contributed by atoms with Gasteiger partial charge in [0.05, 0.1) is 5.56 Å². The van der Waals surface area contributed by atoms with Crippen molar-refractivity contribution in [3.05, 3.63) is 28.8 Å². The largest absolute Gasteiger partial charge is 0.507 e. The highest BCUT2D eigenvalue weighted by molar-refractivity contribution is 5.97. The standard InChI is InChI=1S/C14H21NO3/c1-8-5-6-12(13(17)10(8)3)14(18)15-11(4)9(2)7-16/h5-6,9,11,16-17H,7H2,1-4H3,(H,15,18). The van der Waals surface area contributed by atoms with E-state index in [1.165, 1.54) is 0 Å². The van der Waals surface area contributed by atoms with Crippen LogP contribution in [0.5, 0.6) is 5.75 Å². The summed E-state index contributed by atoms with van der Waals surface area (Å²) in [6, 6.07) is 3.27. The monoisotopic (exact) mass is 251 g/mol. The van der Waals surface area contributed by atoms with Gasteiger partial charge in [-0.25, -0.2) is 0 Å². The minimum atomic E-state index is -0.316. The van der Waals surface area contributed by atoms with Crippen LogP contribution >= 0.6 is 0 Å². The number of phenols is 1. The van der Waals surface area contributed by atoms with Crippen LogP contribution in [0.3, 0.4) is 0 Å². The quantitative estimate of drug-likeness (QED) is 0.763. The normalized spacial score (nSPS) is 14.1. The molecule has 0 aliphatic heterocycles. The van der Waals surface area contributed by atoms with E-state index >= 15 is 0 Å². The molecule has 0 saturated heterocycles. The van der Waals surface area contributed by atoms with Gasteiger partial charge in [0.25, 0.3) is 5.91 Å². The van der Waals surface area contributed by atoms with Gasteiger partial charge in [-0.2, -0.15) is 0 Å². The third-order valence-corrected chi connectivity index (χ3v) is 3.45. The number of rotatable bonds is 4. The topological polar surface area (TPSA) is 69.6 Å². The minimum absolute atomic E-state index is 0.0142. The molecular formula is C14H21NO3. The van der Waals surface area contributed by atoms with Gasteiger partial charge in [-0.1, -0.05) is 13.0 Å². The highest BCUT2D eigenvalue weighted by atomic mass is 16.3. The van der Waals surface area contributed by atoms with E-state index in [1.807, 2.05) is 26.8 Å². The van der Waals surface area contributed by atoms with E-state index in [9.17, 15) is 9.90 Å². The fraction of sp³-hybridized carbons (Fsp3) is 0.500. The Hall–Kier alpha value is -1.55. The lowest BCUT2D eigenvalue weighted by Crippen LogP contribution is -2.38. The first kappa shape index (κ1) is 14.5. The van der Waals surface area contributed by atoms with Crippen molar-refractivity contribution in [2.75, 3.05) is 6.61 Å². The molecule has 2 unspecified atom stereocenters. The fourth-order valence-electron chi connectivity index (χ4n) is 1.57. The number of carbonyl (C=O) groups excluding carboxylic acids is 1. The summed E-state index contributed by atoms with van der Waals surface area (Å²) in [5.74, 6) is -0.317. The van der Waals surface area contributed by atoms with Gasteiger partial charge in [0.2, 0.25) is 0 Å². The molecule has 3 N–H and O–H groups in total.